The highest BCUT2D eigenvalue weighted by atomic mass is 14.6. The van der Waals surface area contributed by atoms with Crippen molar-refractivity contribution >= 4 is 0 Å². The van der Waals surface area contributed by atoms with Crippen LogP contribution in [0.3, 0.4) is 0 Å². The van der Waals surface area contributed by atoms with E-state index >= 15 is 0 Å². The summed E-state index contributed by atoms with van der Waals surface area (Å²) in [7, 11) is 0. The first-order chi connectivity index (χ1) is 9.43. The summed E-state index contributed by atoms with van der Waals surface area (Å²) in [6, 6.07) is 0. The molecule has 0 heterocycles. The third-order valence-electron chi connectivity index (χ3n) is 8.15. The molecule has 0 unspecified atom stereocenters. The standard InChI is InChI=1S/C20H32/c1-13-14-6-7-15(13)16-8-9-18-19(2,3)10-5-11-20(18,4)17(16)12-14/h13-15,18H,5-12H2,1-4H3/t13-,14-,15-,18-,20+/m0/s1. The molecule has 2 bridgehead atoms. The van der Waals surface area contributed by atoms with E-state index in [0.717, 1.165) is 23.7 Å². The topological polar surface area (TPSA) is 0 Å². The molecule has 0 aromatic carbocycles. The molecule has 0 aromatic heterocycles. The van der Waals surface area contributed by atoms with Crippen molar-refractivity contribution in [1.29, 1.82) is 0 Å². The lowest BCUT2D eigenvalue weighted by Crippen LogP contribution is -2.47. The molecule has 2 saturated carbocycles. The molecule has 20 heavy (non-hydrogen) atoms. The Morgan fingerprint density at radius 1 is 1.00 bits per heavy atom. The highest BCUT2D eigenvalue weighted by Gasteiger charge is 2.54. The first kappa shape index (κ1) is 13.4. The maximum absolute atomic E-state index is 2.66. The Hall–Kier alpha value is -0.260. The zero-order chi connectivity index (χ0) is 14.1. The van der Waals surface area contributed by atoms with Crippen LogP contribution in [0.5, 0.6) is 0 Å². The van der Waals surface area contributed by atoms with Crippen molar-refractivity contribution in [3.8, 4) is 0 Å². The molecule has 0 N–H and O–H groups in total. The van der Waals surface area contributed by atoms with E-state index < -0.39 is 0 Å². The van der Waals surface area contributed by atoms with Crippen molar-refractivity contribution in [3.05, 3.63) is 11.1 Å². The van der Waals surface area contributed by atoms with Gasteiger partial charge in [-0.2, -0.15) is 0 Å². The predicted octanol–water partition coefficient (Wildman–Crippen LogP) is 5.98. The summed E-state index contributed by atoms with van der Waals surface area (Å²) in [5, 5.41) is 0. The smallest absolute Gasteiger partial charge is 0.00801 e. The monoisotopic (exact) mass is 272 g/mol. The maximum Gasteiger partial charge on any atom is -0.00801 e. The van der Waals surface area contributed by atoms with Gasteiger partial charge in [0.1, 0.15) is 0 Å². The number of hydrogen-bond acceptors (Lipinski definition) is 0. The van der Waals surface area contributed by atoms with Gasteiger partial charge in [0.15, 0.2) is 0 Å². The Morgan fingerprint density at radius 2 is 1.80 bits per heavy atom. The van der Waals surface area contributed by atoms with Crippen molar-refractivity contribution in [2.75, 3.05) is 0 Å². The van der Waals surface area contributed by atoms with E-state index in [0.29, 0.717) is 10.8 Å². The van der Waals surface area contributed by atoms with Crippen LogP contribution in [-0.2, 0) is 0 Å². The van der Waals surface area contributed by atoms with Crippen LogP contribution in [0.25, 0.3) is 0 Å². The van der Waals surface area contributed by atoms with Crippen LogP contribution < -0.4 is 0 Å². The molecule has 0 nitrogen and oxygen atoms in total. The molecule has 4 rings (SSSR count). The number of rotatable bonds is 0. The zero-order valence-corrected chi connectivity index (χ0v) is 14.0. The van der Waals surface area contributed by atoms with Gasteiger partial charge in [-0.15, -0.1) is 0 Å². The molecule has 0 heteroatoms. The van der Waals surface area contributed by atoms with Crippen molar-refractivity contribution < 1.29 is 0 Å². The Labute approximate surface area is 125 Å². The summed E-state index contributed by atoms with van der Waals surface area (Å²) in [6.45, 7) is 10.3. The quantitative estimate of drug-likeness (QED) is 0.476. The maximum atomic E-state index is 2.66. The van der Waals surface area contributed by atoms with Gasteiger partial charge >= 0.3 is 0 Å². The van der Waals surface area contributed by atoms with Crippen molar-refractivity contribution in [1.82, 2.24) is 0 Å². The van der Waals surface area contributed by atoms with Crippen molar-refractivity contribution in [2.24, 2.45) is 34.5 Å². The first-order valence-electron chi connectivity index (χ1n) is 9.16. The van der Waals surface area contributed by atoms with E-state index in [1.54, 1.807) is 0 Å². The first-order valence-corrected chi connectivity index (χ1v) is 9.16. The van der Waals surface area contributed by atoms with Gasteiger partial charge in [0.05, 0.1) is 0 Å². The molecule has 0 aliphatic heterocycles. The van der Waals surface area contributed by atoms with E-state index in [9.17, 15) is 0 Å². The highest BCUT2D eigenvalue weighted by Crippen LogP contribution is 2.65. The minimum absolute atomic E-state index is 0.566. The zero-order valence-electron chi connectivity index (χ0n) is 14.0. The van der Waals surface area contributed by atoms with Gasteiger partial charge in [-0.3, -0.25) is 0 Å². The third kappa shape index (κ3) is 1.60. The largest absolute Gasteiger partial charge is 0.0670 e. The van der Waals surface area contributed by atoms with Crippen LogP contribution in [0.4, 0.5) is 0 Å². The van der Waals surface area contributed by atoms with Gasteiger partial charge < -0.3 is 0 Å². The summed E-state index contributed by atoms with van der Waals surface area (Å²) >= 11 is 0. The number of fused-ring (bicyclic) bond motifs is 5. The van der Waals surface area contributed by atoms with E-state index in [2.05, 4.69) is 27.7 Å². The minimum Gasteiger partial charge on any atom is -0.0670 e. The fourth-order valence-corrected chi connectivity index (χ4v) is 7.07. The van der Waals surface area contributed by atoms with Crippen LogP contribution in [0, 0.1) is 34.5 Å². The second-order valence-electron chi connectivity index (χ2n) is 9.36. The lowest BCUT2D eigenvalue weighted by molar-refractivity contribution is 0.00352. The average molecular weight is 272 g/mol. The second-order valence-corrected chi connectivity index (χ2v) is 9.36. The Kier molecular flexibility index (Phi) is 2.78. The van der Waals surface area contributed by atoms with Gasteiger partial charge in [-0.05, 0) is 79.4 Å². The van der Waals surface area contributed by atoms with Gasteiger partial charge in [-0.25, -0.2) is 0 Å². The fraction of sp³-hybridized carbons (Fsp3) is 0.900. The molecular weight excluding hydrogens is 240 g/mol. The van der Waals surface area contributed by atoms with E-state index in [4.69, 9.17) is 0 Å². The lowest BCUT2D eigenvalue weighted by Gasteiger charge is -2.57. The van der Waals surface area contributed by atoms with Crippen LogP contribution >= 0.6 is 0 Å². The van der Waals surface area contributed by atoms with Crippen LogP contribution in [0.2, 0.25) is 0 Å². The number of allylic oxidation sites excluding steroid dienone is 2. The van der Waals surface area contributed by atoms with E-state index in [-0.39, 0.29) is 0 Å². The molecular formula is C20H32. The molecule has 4 aliphatic carbocycles. The summed E-state index contributed by atoms with van der Waals surface area (Å²) in [4.78, 5) is 0. The van der Waals surface area contributed by atoms with Gasteiger partial charge in [0.2, 0.25) is 0 Å². The summed E-state index contributed by atoms with van der Waals surface area (Å²) < 4.78 is 0. The van der Waals surface area contributed by atoms with Crippen LogP contribution in [-0.4, -0.2) is 0 Å². The Morgan fingerprint density at radius 3 is 2.60 bits per heavy atom. The predicted molar refractivity (Wildman–Crippen MR) is 85.5 cm³/mol. The lowest BCUT2D eigenvalue weighted by atomic mass is 9.48. The summed E-state index contributed by atoms with van der Waals surface area (Å²) in [6.07, 6.45) is 11.8. The normalized spacial score (nSPS) is 49.8. The summed E-state index contributed by atoms with van der Waals surface area (Å²) in [5.74, 6) is 3.95. The second kappa shape index (κ2) is 4.14. The van der Waals surface area contributed by atoms with Crippen molar-refractivity contribution in [2.45, 2.75) is 79.1 Å². The minimum atomic E-state index is 0.566. The molecule has 5 atom stereocenters. The Bertz CT molecular complexity index is 455. The highest BCUT2D eigenvalue weighted by molar-refractivity contribution is 5.34. The third-order valence-corrected chi connectivity index (χ3v) is 8.15. The average Bonchev–Trinajstić information content (AvgIpc) is 2.61. The molecule has 2 fully saturated rings. The molecule has 0 radical (unpaired) electrons. The Balaban J connectivity index is 1.79. The van der Waals surface area contributed by atoms with E-state index in [1.165, 1.54) is 51.4 Å². The van der Waals surface area contributed by atoms with Gasteiger partial charge in [-0.1, -0.05) is 45.3 Å². The van der Waals surface area contributed by atoms with Gasteiger partial charge in [0, 0.05) is 0 Å². The molecule has 0 spiro atoms. The summed E-state index contributed by atoms with van der Waals surface area (Å²) in [5.41, 5.74) is 5.08. The molecule has 0 aromatic rings. The molecule has 112 valence electrons. The van der Waals surface area contributed by atoms with E-state index in [1.807, 2.05) is 11.1 Å². The molecule has 0 amide bonds. The van der Waals surface area contributed by atoms with Crippen molar-refractivity contribution in [3.63, 3.8) is 0 Å². The SMILES string of the molecule is C[C@H]1[C@H]2CC[C@@H]1C1=C(C2)[C@@]2(C)CCCC(C)(C)[C@@H]2CC1. The van der Waals surface area contributed by atoms with Gasteiger partial charge in [0.25, 0.3) is 0 Å². The number of hydrogen-bond donors (Lipinski definition) is 0. The fourth-order valence-electron chi connectivity index (χ4n) is 7.07. The molecule has 0 saturated heterocycles. The van der Waals surface area contributed by atoms with Crippen LogP contribution in [0.1, 0.15) is 79.1 Å². The molecule has 4 aliphatic rings. The van der Waals surface area contributed by atoms with Crippen LogP contribution in [0.15, 0.2) is 11.1 Å².